The first-order chi connectivity index (χ1) is 9.16. The number of pyridine rings is 1. The molecule has 2 heterocycles. The fraction of sp³-hybridized carbons (Fsp3) is 0. The summed E-state index contributed by atoms with van der Waals surface area (Å²) in [6.07, 6.45) is 2.99. The van der Waals surface area contributed by atoms with Gasteiger partial charge in [-0.3, -0.25) is 9.78 Å². The van der Waals surface area contributed by atoms with Crippen LogP contribution in [0.25, 0.3) is 16.6 Å². The summed E-state index contributed by atoms with van der Waals surface area (Å²) in [6, 6.07) is 7.47. The number of nitrogens with zero attached hydrogens (tertiary/aromatic N) is 2. The Balaban J connectivity index is 2.43. The molecule has 0 aliphatic carbocycles. The molecule has 0 radical (unpaired) electrons. The largest absolute Gasteiger partial charge is 0.508 e. The van der Waals surface area contributed by atoms with E-state index >= 15 is 0 Å². The molecule has 0 amide bonds. The molecular weight excluding hydrogens is 246 g/mol. The van der Waals surface area contributed by atoms with E-state index in [-0.39, 0.29) is 5.75 Å². The predicted octanol–water partition coefficient (Wildman–Crippen LogP) is 0.780. The Labute approximate surface area is 106 Å². The van der Waals surface area contributed by atoms with Crippen LogP contribution in [0.2, 0.25) is 0 Å². The van der Waals surface area contributed by atoms with Crippen LogP contribution in [0.15, 0.2) is 52.3 Å². The summed E-state index contributed by atoms with van der Waals surface area (Å²) in [7, 11) is 0. The van der Waals surface area contributed by atoms with Gasteiger partial charge in [0.1, 0.15) is 5.75 Å². The third-order valence-electron chi connectivity index (χ3n) is 2.79. The standard InChI is InChI=1S/C13H9N3O3/c17-9-3-4-10-11(6-9)15-13(19)16(12(10)18)8-2-1-5-14-7-8/h1-7,17H,(H,15,19). The Hall–Kier alpha value is -2.89. The molecule has 0 saturated heterocycles. The summed E-state index contributed by atoms with van der Waals surface area (Å²) in [5, 5.41) is 9.68. The molecule has 2 N–H and O–H groups in total. The highest BCUT2D eigenvalue weighted by atomic mass is 16.3. The van der Waals surface area contributed by atoms with Crippen molar-refractivity contribution in [3.63, 3.8) is 0 Å². The van der Waals surface area contributed by atoms with Gasteiger partial charge in [-0.2, -0.15) is 0 Å². The van der Waals surface area contributed by atoms with Crippen LogP contribution in [0.3, 0.4) is 0 Å². The summed E-state index contributed by atoms with van der Waals surface area (Å²) in [4.78, 5) is 30.7. The lowest BCUT2D eigenvalue weighted by atomic mass is 10.2. The highest BCUT2D eigenvalue weighted by molar-refractivity contribution is 5.79. The minimum atomic E-state index is -0.573. The van der Waals surface area contributed by atoms with Gasteiger partial charge in [0.15, 0.2) is 0 Å². The maximum Gasteiger partial charge on any atom is 0.333 e. The second-order valence-electron chi connectivity index (χ2n) is 4.01. The number of phenolic OH excluding ortho intramolecular Hbond substituents is 1. The molecule has 94 valence electrons. The lowest BCUT2D eigenvalue weighted by Crippen LogP contribution is -2.33. The van der Waals surface area contributed by atoms with Gasteiger partial charge in [0.25, 0.3) is 5.56 Å². The molecule has 0 bridgehead atoms. The van der Waals surface area contributed by atoms with Gasteiger partial charge in [-0.1, -0.05) is 0 Å². The lowest BCUT2D eigenvalue weighted by molar-refractivity contribution is 0.476. The van der Waals surface area contributed by atoms with Gasteiger partial charge < -0.3 is 10.1 Å². The maximum absolute atomic E-state index is 12.3. The van der Waals surface area contributed by atoms with Crippen molar-refractivity contribution in [2.75, 3.05) is 0 Å². The summed E-state index contributed by atoms with van der Waals surface area (Å²) >= 11 is 0. The van der Waals surface area contributed by atoms with Gasteiger partial charge in [-0.15, -0.1) is 0 Å². The summed E-state index contributed by atoms with van der Waals surface area (Å²) in [5.74, 6) is -0.0123. The van der Waals surface area contributed by atoms with E-state index in [1.54, 1.807) is 18.3 Å². The Morgan fingerprint density at radius 3 is 2.79 bits per heavy atom. The number of phenols is 1. The van der Waals surface area contributed by atoms with Gasteiger partial charge in [0.2, 0.25) is 0 Å². The monoisotopic (exact) mass is 255 g/mol. The molecule has 0 spiro atoms. The molecule has 0 atom stereocenters. The zero-order chi connectivity index (χ0) is 13.4. The average molecular weight is 255 g/mol. The minimum absolute atomic E-state index is 0.0123. The van der Waals surface area contributed by atoms with Gasteiger partial charge in [-0.05, 0) is 24.3 Å². The second kappa shape index (κ2) is 4.09. The maximum atomic E-state index is 12.3. The summed E-state index contributed by atoms with van der Waals surface area (Å²) < 4.78 is 1.01. The van der Waals surface area contributed by atoms with Gasteiger partial charge in [0, 0.05) is 12.3 Å². The van der Waals surface area contributed by atoms with Crippen molar-refractivity contribution in [3.05, 3.63) is 63.6 Å². The average Bonchev–Trinajstić information content (AvgIpc) is 2.39. The van der Waals surface area contributed by atoms with Crippen molar-refractivity contribution < 1.29 is 5.11 Å². The molecule has 0 unspecified atom stereocenters. The SMILES string of the molecule is O=c1[nH]c2cc(O)ccc2c(=O)n1-c1cccnc1. The lowest BCUT2D eigenvalue weighted by Gasteiger charge is -2.05. The normalized spacial score (nSPS) is 10.7. The number of aromatic nitrogens is 3. The van der Waals surface area contributed by atoms with Gasteiger partial charge in [0.05, 0.1) is 22.8 Å². The number of fused-ring (bicyclic) bond motifs is 1. The van der Waals surface area contributed by atoms with E-state index in [9.17, 15) is 14.7 Å². The zero-order valence-electron chi connectivity index (χ0n) is 9.70. The molecule has 0 aliphatic rings. The van der Waals surface area contributed by atoms with E-state index in [1.165, 1.54) is 24.4 Å². The molecule has 6 nitrogen and oxygen atoms in total. The van der Waals surface area contributed by atoms with E-state index in [1.807, 2.05) is 0 Å². The Morgan fingerprint density at radius 1 is 1.21 bits per heavy atom. The molecule has 0 aliphatic heterocycles. The van der Waals surface area contributed by atoms with Crippen LogP contribution in [0.5, 0.6) is 5.75 Å². The first kappa shape index (κ1) is 11.2. The number of nitrogens with one attached hydrogen (secondary N) is 1. The van der Waals surface area contributed by atoms with Crippen molar-refractivity contribution in [3.8, 4) is 11.4 Å². The van der Waals surface area contributed by atoms with Crippen molar-refractivity contribution in [1.82, 2.24) is 14.5 Å². The Bertz CT molecular complexity index is 866. The number of aromatic hydroxyl groups is 1. The number of hydrogen-bond acceptors (Lipinski definition) is 4. The van der Waals surface area contributed by atoms with Crippen LogP contribution < -0.4 is 11.2 Å². The number of H-pyrrole nitrogens is 1. The highest BCUT2D eigenvalue weighted by Gasteiger charge is 2.09. The van der Waals surface area contributed by atoms with Crippen LogP contribution >= 0.6 is 0 Å². The van der Waals surface area contributed by atoms with Crippen LogP contribution in [0.4, 0.5) is 0 Å². The first-order valence-corrected chi connectivity index (χ1v) is 5.55. The second-order valence-corrected chi connectivity index (χ2v) is 4.01. The fourth-order valence-corrected chi connectivity index (χ4v) is 1.93. The smallest absolute Gasteiger partial charge is 0.333 e. The van der Waals surface area contributed by atoms with Crippen LogP contribution in [-0.4, -0.2) is 19.6 Å². The molecule has 6 heteroatoms. The highest BCUT2D eigenvalue weighted by Crippen LogP contribution is 2.14. The molecule has 3 aromatic rings. The first-order valence-electron chi connectivity index (χ1n) is 5.55. The van der Waals surface area contributed by atoms with Crippen molar-refractivity contribution >= 4 is 10.9 Å². The molecule has 0 fully saturated rings. The molecule has 3 rings (SSSR count). The molecule has 2 aromatic heterocycles. The number of benzene rings is 1. The van der Waals surface area contributed by atoms with Gasteiger partial charge in [-0.25, -0.2) is 9.36 Å². The minimum Gasteiger partial charge on any atom is -0.508 e. The summed E-state index contributed by atoms with van der Waals surface area (Å²) in [6.45, 7) is 0. The van der Waals surface area contributed by atoms with Crippen molar-refractivity contribution in [2.45, 2.75) is 0 Å². The van der Waals surface area contributed by atoms with Crippen molar-refractivity contribution in [1.29, 1.82) is 0 Å². The van der Waals surface area contributed by atoms with E-state index in [0.29, 0.717) is 16.6 Å². The predicted molar refractivity (Wildman–Crippen MR) is 69.6 cm³/mol. The third-order valence-corrected chi connectivity index (χ3v) is 2.79. The summed E-state index contributed by atoms with van der Waals surface area (Å²) in [5.41, 5.74) is -0.332. The molecule has 0 saturated carbocycles. The van der Waals surface area contributed by atoms with E-state index in [4.69, 9.17) is 0 Å². The zero-order valence-corrected chi connectivity index (χ0v) is 9.70. The van der Waals surface area contributed by atoms with Crippen LogP contribution in [-0.2, 0) is 0 Å². The van der Waals surface area contributed by atoms with Crippen molar-refractivity contribution in [2.24, 2.45) is 0 Å². The quantitative estimate of drug-likeness (QED) is 0.672. The fourth-order valence-electron chi connectivity index (χ4n) is 1.93. The number of hydrogen-bond donors (Lipinski definition) is 2. The van der Waals surface area contributed by atoms with E-state index < -0.39 is 11.2 Å². The molecule has 19 heavy (non-hydrogen) atoms. The van der Waals surface area contributed by atoms with Crippen LogP contribution in [0, 0.1) is 0 Å². The van der Waals surface area contributed by atoms with E-state index in [0.717, 1.165) is 4.57 Å². The Morgan fingerprint density at radius 2 is 2.05 bits per heavy atom. The Kier molecular flexibility index (Phi) is 2.42. The number of aromatic amines is 1. The van der Waals surface area contributed by atoms with Crippen LogP contribution in [0.1, 0.15) is 0 Å². The van der Waals surface area contributed by atoms with Gasteiger partial charge >= 0.3 is 5.69 Å². The number of rotatable bonds is 1. The molecular formula is C13H9N3O3. The topological polar surface area (TPSA) is 88.0 Å². The third kappa shape index (κ3) is 1.79. The molecule has 1 aromatic carbocycles. The van der Waals surface area contributed by atoms with E-state index in [2.05, 4.69) is 9.97 Å².